The van der Waals surface area contributed by atoms with Gasteiger partial charge in [0.15, 0.2) is 15.2 Å². The Labute approximate surface area is 210 Å². The van der Waals surface area contributed by atoms with Crippen LogP contribution in [-0.2, 0) is 0 Å². The molecule has 0 spiro atoms. The van der Waals surface area contributed by atoms with Crippen molar-refractivity contribution in [1.29, 1.82) is 0 Å². The van der Waals surface area contributed by atoms with Crippen LogP contribution in [0.2, 0.25) is 0 Å². The summed E-state index contributed by atoms with van der Waals surface area (Å²) < 4.78 is -6.39. The third-order valence-electron chi connectivity index (χ3n) is 0.655. The van der Waals surface area contributed by atoms with Crippen LogP contribution in [0.4, 0.5) is 0 Å². The fourth-order valence-corrected chi connectivity index (χ4v) is 0. The third-order valence-corrected chi connectivity index (χ3v) is 1.96. The standard InChI is InChI=1S/4C2H2Cl3O.Si/c4*3-2(4,5)1-6;/h4*1H2;/q4*-1;+4. The fraction of sp³-hybridized carbons (Fsp3) is 1.00. The zero-order valence-electron chi connectivity index (χ0n) is 11.5. The molecule has 0 aliphatic carbocycles. The summed E-state index contributed by atoms with van der Waals surface area (Å²) in [7, 11) is 0. The summed E-state index contributed by atoms with van der Waals surface area (Å²) in [6.07, 6.45) is 0. The van der Waals surface area contributed by atoms with Gasteiger partial charge in [0, 0.05) is 0 Å². The van der Waals surface area contributed by atoms with Crippen molar-refractivity contribution in [2.45, 2.75) is 15.2 Å². The molecule has 0 aliphatic heterocycles. The molecule has 0 saturated heterocycles. The zero-order valence-corrected chi connectivity index (χ0v) is 21.6. The largest absolute Gasteiger partial charge is 4.00 e. The molecule has 0 aromatic heterocycles. The first-order chi connectivity index (χ1) is 10.2. The van der Waals surface area contributed by atoms with E-state index in [9.17, 15) is 20.4 Å². The predicted molar refractivity (Wildman–Crippen MR) is 106 cm³/mol. The van der Waals surface area contributed by atoms with Gasteiger partial charge in [-0.05, 0) is 0 Å². The summed E-state index contributed by atoms with van der Waals surface area (Å²) in [5.41, 5.74) is 0. The van der Waals surface area contributed by atoms with Crippen LogP contribution in [0.25, 0.3) is 0 Å². The maximum absolute atomic E-state index is 9.56. The average molecular weight is 622 g/mol. The molecule has 0 unspecified atom stereocenters. The molecule has 0 saturated carbocycles. The minimum absolute atomic E-state index is 0. The van der Waals surface area contributed by atoms with Crippen LogP contribution in [-0.4, -0.2) is 52.6 Å². The van der Waals surface area contributed by atoms with Crippen molar-refractivity contribution in [2.24, 2.45) is 0 Å². The molecule has 0 atom stereocenters. The first-order valence-electron chi connectivity index (χ1n) is 4.84. The molecule has 25 heavy (non-hydrogen) atoms. The number of hydrogen-bond acceptors (Lipinski definition) is 4. The molecule has 0 N–H and O–H groups in total. The Morgan fingerprint density at radius 3 is 0.400 bits per heavy atom. The average Bonchev–Trinajstić information content (AvgIpc) is 2.37. The van der Waals surface area contributed by atoms with Crippen LogP contribution in [0.15, 0.2) is 0 Å². The molecule has 0 heterocycles. The van der Waals surface area contributed by atoms with Crippen molar-refractivity contribution in [1.82, 2.24) is 0 Å². The zero-order chi connectivity index (χ0) is 20.8. The van der Waals surface area contributed by atoms with E-state index in [1.807, 2.05) is 0 Å². The number of alkyl halides is 12. The van der Waals surface area contributed by atoms with Gasteiger partial charge in [-0.1, -0.05) is 166 Å². The van der Waals surface area contributed by atoms with Crippen molar-refractivity contribution < 1.29 is 20.4 Å². The maximum Gasteiger partial charge on any atom is 4.00 e. The quantitative estimate of drug-likeness (QED) is 0.307. The Kier molecular flexibility index (Phi) is 30.5. The predicted octanol–water partition coefficient (Wildman–Crippen LogP) is 2.49. The molecular weight excluding hydrogens is 614 g/mol. The summed E-state index contributed by atoms with van der Waals surface area (Å²) >= 11 is 59.2. The Morgan fingerprint density at radius 2 is 0.400 bits per heavy atom. The van der Waals surface area contributed by atoms with E-state index in [1.165, 1.54) is 0 Å². The van der Waals surface area contributed by atoms with Crippen LogP contribution in [0.3, 0.4) is 0 Å². The van der Waals surface area contributed by atoms with E-state index in [2.05, 4.69) is 0 Å². The topological polar surface area (TPSA) is 92.2 Å². The minimum atomic E-state index is -1.60. The van der Waals surface area contributed by atoms with Gasteiger partial charge < -0.3 is 20.4 Å². The molecule has 17 heteroatoms. The van der Waals surface area contributed by atoms with Gasteiger partial charge >= 0.3 is 11.0 Å². The van der Waals surface area contributed by atoms with Crippen LogP contribution < -0.4 is 20.4 Å². The summed E-state index contributed by atoms with van der Waals surface area (Å²) in [4.78, 5) is 0. The smallest absolute Gasteiger partial charge is 0.851 e. The van der Waals surface area contributed by atoms with Crippen LogP contribution >= 0.6 is 139 Å². The van der Waals surface area contributed by atoms with Crippen molar-refractivity contribution in [3.05, 3.63) is 0 Å². The van der Waals surface area contributed by atoms with E-state index in [0.29, 0.717) is 0 Å². The van der Waals surface area contributed by atoms with Crippen molar-refractivity contribution in [3.8, 4) is 0 Å². The van der Waals surface area contributed by atoms with Gasteiger partial charge in [-0.15, -0.1) is 0 Å². The van der Waals surface area contributed by atoms with E-state index in [4.69, 9.17) is 139 Å². The van der Waals surface area contributed by atoms with Gasteiger partial charge in [0.2, 0.25) is 0 Å². The van der Waals surface area contributed by atoms with Crippen LogP contribution in [0, 0.1) is 0 Å². The maximum atomic E-state index is 9.56. The first-order valence-corrected chi connectivity index (χ1v) is 9.37. The molecule has 0 radical (unpaired) electrons. The molecule has 0 aromatic carbocycles. The van der Waals surface area contributed by atoms with Crippen molar-refractivity contribution >= 4 is 150 Å². The second kappa shape index (κ2) is 19.5. The minimum Gasteiger partial charge on any atom is -0.851 e. The molecule has 0 bridgehead atoms. The molecule has 152 valence electrons. The van der Waals surface area contributed by atoms with E-state index in [0.717, 1.165) is 0 Å². The second-order valence-corrected chi connectivity index (χ2v) is 13.1. The van der Waals surface area contributed by atoms with E-state index < -0.39 is 41.6 Å². The van der Waals surface area contributed by atoms with E-state index >= 15 is 0 Å². The second-order valence-electron chi connectivity index (χ2n) is 3.04. The molecule has 0 fully saturated rings. The SMILES string of the molecule is [O-]CC(Cl)(Cl)Cl.[O-]CC(Cl)(Cl)Cl.[O-]CC(Cl)(Cl)Cl.[O-]CC(Cl)(Cl)Cl.[Si+4]. The van der Waals surface area contributed by atoms with Crippen molar-refractivity contribution in [3.63, 3.8) is 0 Å². The number of hydrogen-bond donors (Lipinski definition) is 0. The van der Waals surface area contributed by atoms with Gasteiger partial charge in [0.05, 0.1) is 0 Å². The molecule has 4 nitrogen and oxygen atoms in total. The van der Waals surface area contributed by atoms with Gasteiger partial charge in [-0.2, -0.15) is 0 Å². The van der Waals surface area contributed by atoms with Gasteiger partial charge in [-0.25, -0.2) is 0 Å². The van der Waals surface area contributed by atoms with Gasteiger partial charge in [0.25, 0.3) is 0 Å². The summed E-state index contributed by atoms with van der Waals surface area (Å²) in [6.45, 7) is -2.73. The Bertz CT molecular complexity index is 216. The molecular formula is C8H8Cl12O4Si. The monoisotopic (exact) mass is 616 g/mol. The van der Waals surface area contributed by atoms with E-state index in [1.54, 1.807) is 0 Å². The van der Waals surface area contributed by atoms with Gasteiger partial charge in [0.1, 0.15) is 0 Å². The Morgan fingerprint density at radius 1 is 0.360 bits per heavy atom. The van der Waals surface area contributed by atoms with Crippen molar-refractivity contribution in [2.75, 3.05) is 26.4 Å². The molecule has 0 aromatic rings. The van der Waals surface area contributed by atoms with Crippen LogP contribution in [0.1, 0.15) is 0 Å². The molecule has 0 amide bonds. The number of rotatable bonds is 0. The fourth-order valence-electron chi connectivity index (χ4n) is 0. The number of halogens is 12. The van der Waals surface area contributed by atoms with Crippen LogP contribution in [0.5, 0.6) is 0 Å². The molecule has 0 rings (SSSR count). The summed E-state index contributed by atoms with van der Waals surface area (Å²) in [5, 5.41) is 38.2. The molecule has 0 aliphatic rings. The first kappa shape index (κ1) is 39.1. The van der Waals surface area contributed by atoms with E-state index in [-0.39, 0.29) is 11.0 Å². The summed E-state index contributed by atoms with van der Waals surface area (Å²) in [6, 6.07) is 0. The normalized spacial score (nSPS) is 11.5. The third kappa shape index (κ3) is 74.4. The van der Waals surface area contributed by atoms with Gasteiger partial charge in [-0.3, -0.25) is 0 Å². The summed E-state index contributed by atoms with van der Waals surface area (Å²) in [5.74, 6) is 0. The Hall–Kier alpha value is 3.54. The Balaban J connectivity index is -0.0000000702.